The first kappa shape index (κ1) is 18.1. The van der Waals surface area contributed by atoms with E-state index < -0.39 is 42.6 Å². The standard InChI is InChI=1S/C15H19NO8/c17-10-9(24-13(14(20)21)12(19)11(10)18)6-16-15(22)23-7-8-4-2-1-3-5-8/h1-5,9-13,17-19H,6-7H2,(H,16,22)(H,20,21)/t9-,10-,11-,12-,13-/m0/s1. The van der Waals surface area contributed by atoms with Crippen LogP contribution >= 0.6 is 0 Å². The summed E-state index contributed by atoms with van der Waals surface area (Å²) >= 11 is 0. The van der Waals surface area contributed by atoms with Gasteiger partial charge in [-0.1, -0.05) is 30.3 Å². The Labute approximate surface area is 137 Å². The zero-order valence-electron chi connectivity index (χ0n) is 12.6. The molecule has 9 nitrogen and oxygen atoms in total. The lowest BCUT2D eigenvalue weighted by Crippen LogP contribution is -2.61. The third-order valence-corrected chi connectivity index (χ3v) is 3.62. The second-order valence-electron chi connectivity index (χ2n) is 5.35. The van der Waals surface area contributed by atoms with Crippen LogP contribution in [0.3, 0.4) is 0 Å². The molecule has 1 aromatic carbocycles. The Kier molecular flexibility index (Phi) is 6.10. The quantitative estimate of drug-likeness (QED) is 0.451. The molecule has 1 saturated heterocycles. The number of aliphatic carboxylic acids is 1. The maximum atomic E-state index is 11.6. The fourth-order valence-electron chi connectivity index (χ4n) is 2.28. The third-order valence-electron chi connectivity index (χ3n) is 3.62. The summed E-state index contributed by atoms with van der Waals surface area (Å²) in [6.07, 6.45) is -8.71. The normalized spacial score (nSPS) is 29.7. The van der Waals surface area contributed by atoms with Gasteiger partial charge in [-0.25, -0.2) is 9.59 Å². The van der Waals surface area contributed by atoms with E-state index >= 15 is 0 Å². The number of carboxylic acid groups (broad SMARTS) is 1. The largest absolute Gasteiger partial charge is 0.479 e. The molecule has 1 aliphatic heterocycles. The highest BCUT2D eigenvalue weighted by Crippen LogP contribution is 2.21. The van der Waals surface area contributed by atoms with Crippen LogP contribution in [0.15, 0.2) is 30.3 Å². The van der Waals surface area contributed by atoms with Crippen LogP contribution in [0.25, 0.3) is 0 Å². The lowest BCUT2D eigenvalue weighted by Gasteiger charge is -2.38. The number of ether oxygens (including phenoxy) is 2. The first-order chi connectivity index (χ1) is 11.4. The lowest BCUT2D eigenvalue weighted by molar-refractivity contribution is -0.226. The van der Waals surface area contributed by atoms with Gasteiger partial charge in [0.25, 0.3) is 0 Å². The molecule has 1 amide bonds. The van der Waals surface area contributed by atoms with Crippen LogP contribution < -0.4 is 5.32 Å². The van der Waals surface area contributed by atoms with Crippen molar-refractivity contribution in [3.05, 3.63) is 35.9 Å². The summed E-state index contributed by atoms with van der Waals surface area (Å²) in [5.41, 5.74) is 0.783. The van der Waals surface area contributed by atoms with Gasteiger partial charge in [-0.15, -0.1) is 0 Å². The van der Waals surface area contributed by atoms with Crippen molar-refractivity contribution in [1.82, 2.24) is 5.32 Å². The van der Waals surface area contributed by atoms with Gasteiger partial charge in [0.2, 0.25) is 0 Å². The fourth-order valence-corrected chi connectivity index (χ4v) is 2.28. The summed E-state index contributed by atoms with van der Waals surface area (Å²) in [4.78, 5) is 22.6. The molecule has 1 aromatic rings. The summed E-state index contributed by atoms with van der Waals surface area (Å²) in [6.45, 7) is -0.248. The number of carbonyl (C=O) groups is 2. The Morgan fingerprint density at radius 3 is 2.38 bits per heavy atom. The van der Waals surface area contributed by atoms with Gasteiger partial charge in [0.05, 0.1) is 0 Å². The van der Waals surface area contributed by atoms with Crippen LogP contribution in [0, 0.1) is 0 Å². The van der Waals surface area contributed by atoms with E-state index in [1.807, 2.05) is 6.07 Å². The van der Waals surface area contributed by atoms with Crippen LogP contribution in [0.2, 0.25) is 0 Å². The minimum absolute atomic E-state index is 0.0415. The number of carbonyl (C=O) groups excluding carboxylic acids is 1. The molecular weight excluding hydrogens is 322 g/mol. The van der Waals surface area contributed by atoms with Gasteiger partial charge in [-0.2, -0.15) is 0 Å². The molecule has 5 N–H and O–H groups in total. The smallest absolute Gasteiger partial charge is 0.407 e. The molecule has 132 valence electrons. The van der Waals surface area contributed by atoms with Crippen LogP contribution in [-0.2, 0) is 20.9 Å². The number of amides is 1. The summed E-state index contributed by atoms with van der Waals surface area (Å²) in [7, 11) is 0. The molecule has 0 unspecified atom stereocenters. The summed E-state index contributed by atoms with van der Waals surface area (Å²) in [6, 6.07) is 8.96. The molecule has 0 radical (unpaired) electrons. The molecule has 0 aromatic heterocycles. The van der Waals surface area contributed by atoms with E-state index in [9.17, 15) is 24.9 Å². The van der Waals surface area contributed by atoms with Crippen molar-refractivity contribution in [1.29, 1.82) is 0 Å². The maximum absolute atomic E-state index is 11.6. The SMILES string of the molecule is O=C(NC[C@@H]1O[C@H](C(=O)O)[C@@H](O)[C@@H](O)[C@H]1O)OCc1ccccc1. The number of aliphatic hydroxyl groups excluding tert-OH is 3. The third kappa shape index (κ3) is 4.42. The van der Waals surface area contributed by atoms with Gasteiger partial charge in [0.15, 0.2) is 6.10 Å². The molecule has 1 heterocycles. The number of rotatable bonds is 5. The predicted molar refractivity (Wildman–Crippen MR) is 78.9 cm³/mol. The molecule has 0 bridgehead atoms. The van der Waals surface area contributed by atoms with E-state index in [2.05, 4.69) is 5.32 Å². The molecular formula is C15H19NO8. The molecule has 0 aliphatic carbocycles. The Balaban J connectivity index is 1.83. The van der Waals surface area contributed by atoms with E-state index in [-0.39, 0.29) is 13.2 Å². The van der Waals surface area contributed by atoms with Gasteiger partial charge in [0.1, 0.15) is 31.0 Å². The van der Waals surface area contributed by atoms with E-state index in [0.29, 0.717) is 0 Å². The van der Waals surface area contributed by atoms with Crippen LogP contribution in [0.1, 0.15) is 5.56 Å². The van der Waals surface area contributed by atoms with Gasteiger partial charge in [-0.3, -0.25) is 0 Å². The Morgan fingerprint density at radius 2 is 1.75 bits per heavy atom. The Bertz CT molecular complexity index is 566. The number of benzene rings is 1. The summed E-state index contributed by atoms with van der Waals surface area (Å²) < 4.78 is 9.99. The highest BCUT2D eigenvalue weighted by molar-refractivity contribution is 5.73. The Hall–Kier alpha value is -2.20. The number of alkyl carbamates (subject to hydrolysis) is 1. The fraction of sp³-hybridized carbons (Fsp3) is 0.467. The monoisotopic (exact) mass is 341 g/mol. The minimum Gasteiger partial charge on any atom is -0.479 e. The molecule has 2 rings (SSSR count). The summed E-state index contributed by atoms with van der Waals surface area (Å²) in [5.74, 6) is -1.48. The number of aliphatic hydroxyl groups is 3. The van der Waals surface area contributed by atoms with Crippen molar-refractivity contribution in [3.8, 4) is 0 Å². The zero-order valence-corrected chi connectivity index (χ0v) is 12.6. The number of hydrogen-bond donors (Lipinski definition) is 5. The van der Waals surface area contributed by atoms with Gasteiger partial charge >= 0.3 is 12.1 Å². The van der Waals surface area contributed by atoms with E-state index in [4.69, 9.17) is 14.6 Å². The van der Waals surface area contributed by atoms with Crippen molar-refractivity contribution in [3.63, 3.8) is 0 Å². The molecule has 24 heavy (non-hydrogen) atoms. The second-order valence-corrected chi connectivity index (χ2v) is 5.35. The molecule has 0 saturated carbocycles. The van der Waals surface area contributed by atoms with E-state index in [0.717, 1.165) is 5.56 Å². The van der Waals surface area contributed by atoms with Crippen molar-refractivity contribution >= 4 is 12.1 Å². The lowest BCUT2D eigenvalue weighted by atomic mass is 9.95. The molecule has 1 aliphatic rings. The van der Waals surface area contributed by atoms with Crippen LogP contribution in [-0.4, -0.2) is 69.6 Å². The van der Waals surface area contributed by atoms with Crippen LogP contribution in [0.5, 0.6) is 0 Å². The number of nitrogens with one attached hydrogen (secondary N) is 1. The minimum atomic E-state index is -1.77. The Morgan fingerprint density at radius 1 is 1.08 bits per heavy atom. The molecule has 5 atom stereocenters. The van der Waals surface area contributed by atoms with E-state index in [1.54, 1.807) is 24.3 Å². The van der Waals surface area contributed by atoms with Crippen molar-refractivity contribution in [2.45, 2.75) is 37.1 Å². The molecule has 9 heteroatoms. The molecule has 0 spiro atoms. The van der Waals surface area contributed by atoms with Crippen LogP contribution in [0.4, 0.5) is 4.79 Å². The second kappa shape index (κ2) is 8.06. The molecule has 1 fully saturated rings. The first-order valence-corrected chi connectivity index (χ1v) is 7.27. The number of hydrogen-bond acceptors (Lipinski definition) is 7. The van der Waals surface area contributed by atoms with Crippen molar-refractivity contribution in [2.24, 2.45) is 0 Å². The first-order valence-electron chi connectivity index (χ1n) is 7.27. The zero-order chi connectivity index (χ0) is 17.7. The predicted octanol–water partition coefficient (Wildman–Crippen LogP) is -1.15. The van der Waals surface area contributed by atoms with E-state index in [1.165, 1.54) is 0 Å². The average molecular weight is 341 g/mol. The number of carboxylic acids is 1. The van der Waals surface area contributed by atoms with Crippen molar-refractivity contribution < 1.29 is 39.5 Å². The topological polar surface area (TPSA) is 146 Å². The van der Waals surface area contributed by atoms with Gasteiger partial charge in [0, 0.05) is 6.54 Å². The highest BCUT2D eigenvalue weighted by atomic mass is 16.6. The summed E-state index contributed by atoms with van der Waals surface area (Å²) in [5, 5.41) is 40.3. The highest BCUT2D eigenvalue weighted by Gasteiger charge is 2.46. The van der Waals surface area contributed by atoms with Crippen molar-refractivity contribution in [2.75, 3.05) is 6.54 Å². The maximum Gasteiger partial charge on any atom is 0.407 e. The van der Waals surface area contributed by atoms with Gasteiger partial charge in [-0.05, 0) is 5.56 Å². The van der Waals surface area contributed by atoms with Gasteiger partial charge < -0.3 is 35.2 Å². The average Bonchev–Trinajstić information content (AvgIpc) is 2.58.